The Morgan fingerprint density at radius 2 is 1.93 bits per heavy atom. The maximum atomic E-state index is 11.4. The number of carboxylic acids is 1. The summed E-state index contributed by atoms with van der Waals surface area (Å²) in [5.41, 5.74) is -1.51. The van der Waals surface area contributed by atoms with Crippen molar-refractivity contribution in [3.05, 3.63) is 0 Å². The van der Waals surface area contributed by atoms with Crippen LogP contribution in [0, 0.1) is 11.3 Å². The quantitative estimate of drug-likeness (QED) is 0.530. The fourth-order valence-corrected chi connectivity index (χ4v) is 1.29. The monoisotopic (exact) mass is 218 g/mol. The number of methoxy groups -OCH3 is 2. The van der Waals surface area contributed by atoms with Crippen LogP contribution in [0.3, 0.4) is 0 Å². The first-order chi connectivity index (χ1) is 6.91. The SMILES string of the molecule is COCCC(C)C(C)(C(=O)O)C(=O)OC. The van der Waals surface area contributed by atoms with Crippen molar-refractivity contribution in [3.8, 4) is 0 Å². The molecule has 0 fully saturated rings. The van der Waals surface area contributed by atoms with Crippen LogP contribution in [-0.2, 0) is 19.1 Å². The molecule has 2 unspecified atom stereocenters. The van der Waals surface area contributed by atoms with Crippen LogP contribution in [0.25, 0.3) is 0 Å². The van der Waals surface area contributed by atoms with Crippen molar-refractivity contribution in [3.63, 3.8) is 0 Å². The molecule has 0 heterocycles. The topological polar surface area (TPSA) is 72.8 Å². The van der Waals surface area contributed by atoms with E-state index >= 15 is 0 Å². The van der Waals surface area contributed by atoms with E-state index in [9.17, 15) is 9.59 Å². The first-order valence-corrected chi connectivity index (χ1v) is 4.72. The lowest BCUT2D eigenvalue weighted by Crippen LogP contribution is -2.43. The average molecular weight is 218 g/mol. The predicted molar refractivity (Wildman–Crippen MR) is 53.4 cm³/mol. The van der Waals surface area contributed by atoms with Crippen molar-refractivity contribution >= 4 is 11.9 Å². The van der Waals surface area contributed by atoms with Crippen LogP contribution in [0.1, 0.15) is 20.3 Å². The highest BCUT2D eigenvalue weighted by atomic mass is 16.5. The maximum absolute atomic E-state index is 11.4. The Balaban J connectivity index is 4.78. The van der Waals surface area contributed by atoms with E-state index in [-0.39, 0.29) is 5.92 Å². The minimum atomic E-state index is -1.51. The minimum absolute atomic E-state index is 0.345. The van der Waals surface area contributed by atoms with Gasteiger partial charge in [0.05, 0.1) is 7.11 Å². The lowest BCUT2D eigenvalue weighted by atomic mass is 9.76. The summed E-state index contributed by atoms with van der Waals surface area (Å²) in [6.45, 7) is 3.49. The van der Waals surface area contributed by atoms with Gasteiger partial charge in [0.25, 0.3) is 0 Å². The van der Waals surface area contributed by atoms with Gasteiger partial charge < -0.3 is 14.6 Å². The van der Waals surface area contributed by atoms with Crippen LogP contribution < -0.4 is 0 Å². The van der Waals surface area contributed by atoms with Gasteiger partial charge in [-0.2, -0.15) is 0 Å². The molecule has 0 aromatic carbocycles. The molecule has 5 heteroatoms. The molecule has 0 spiro atoms. The molecule has 2 atom stereocenters. The summed E-state index contributed by atoms with van der Waals surface area (Å²) in [6, 6.07) is 0. The number of hydrogen-bond donors (Lipinski definition) is 1. The molecule has 0 aliphatic rings. The van der Waals surface area contributed by atoms with Crippen LogP contribution in [0.4, 0.5) is 0 Å². The molecule has 0 saturated heterocycles. The van der Waals surface area contributed by atoms with E-state index in [1.54, 1.807) is 6.92 Å². The third kappa shape index (κ3) is 2.92. The van der Waals surface area contributed by atoms with E-state index in [4.69, 9.17) is 9.84 Å². The van der Waals surface area contributed by atoms with Crippen molar-refractivity contribution < 1.29 is 24.2 Å². The van der Waals surface area contributed by atoms with Gasteiger partial charge in [-0.15, -0.1) is 0 Å². The predicted octanol–water partition coefficient (Wildman–Crippen LogP) is 0.923. The van der Waals surface area contributed by atoms with Crippen molar-refractivity contribution in [1.29, 1.82) is 0 Å². The molecule has 1 N–H and O–H groups in total. The highest BCUT2D eigenvalue weighted by Gasteiger charge is 2.47. The molecular formula is C10H18O5. The fourth-order valence-electron chi connectivity index (χ4n) is 1.29. The van der Waals surface area contributed by atoms with Gasteiger partial charge in [-0.1, -0.05) is 6.92 Å². The van der Waals surface area contributed by atoms with Crippen molar-refractivity contribution in [2.45, 2.75) is 20.3 Å². The van der Waals surface area contributed by atoms with Crippen LogP contribution >= 0.6 is 0 Å². The molecule has 5 nitrogen and oxygen atoms in total. The van der Waals surface area contributed by atoms with E-state index in [2.05, 4.69) is 4.74 Å². The molecular weight excluding hydrogens is 200 g/mol. The largest absolute Gasteiger partial charge is 0.480 e. The van der Waals surface area contributed by atoms with Gasteiger partial charge >= 0.3 is 11.9 Å². The summed E-state index contributed by atoms with van der Waals surface area (Å²) >= 11 is 0. The van der Waals surface area contributed by atoms with Gasteiger partial charge in [-0.3, -0.25) is 9.59 Å². The van der Waals surface area contributed by atoms with Gasteiger partial charge in [0.15, 0.2) is 5.41 Å². The molecule has 0 amide bonds. The standard InChI is InChI=1S/C10H18O5/c1-7(5-6-14-3)10(2,8(11)12)9(13)15-4/h7H,5-6H2,1-4H3,(H,11,12). The van der Waals surface area contributed by atoms with Gasteiger partial charge in [0.1, 0.15) is 0 Å². The molecule has 0 bridgehead atoms. The van der Waals surface area contributed by atoms with Gasteiger partial charge in [0, 0.05) is 13.7 Å². The molecule has 0 aliphatic carbocycles. The van der Waals surface area contributed by atoms with Crippen LogP contribution in [0.5, 0.6) is 0 Å². The molecule has 0 rings (SSSR count). The lowest BCUT2D eigenvalue weighted by molar-refractivity contribution is -0.170. The molecule has 0 aromatic rings. The zero-order valence-electron chi connectivity index (χ0n) is 9.57. The second-order valence-corrected chi connectivity index (χ2v) is 3.68. The van der Waals surface area contributed by atoms with Gasteiger partial charge in [0.2, 0.25) is 0 Å². The van der Waals surface area contributed by atoms with E-state index in [1.807, 2.05) is 0 Å². The van der Waals surface area contributed by atoms with E-state index in [0.29, 0.717) is 13.0 Å². The van der Waals surface area contributed by atoms with E-state index < -0.39 is 17.4 Å². The number of carboxylic acid groups (broad SMARTS) is 1. The molecule has 15 heavy (non-hydrogen) atoms. The highest BCUT2D eigenvalue weighted by Crippen LogP contribution is 2.31. The van der Waals surface area contributed by atoms with E-state index in [1.165, 1.54) is 21.1 Å². The number of esters is 1. The molecule has 0 aliphatic heterocycles. The summed E-state index contributed by atoms with van der Waals surface area (Å²) in [5, 5.41) is 9.06. The number of hydrogen-bond acceptors (Lipinski definition) is 4. The Hall–Kier alpha value is -1.10. The Labute approximate surface area is 89.4 Å². The third-order valence-corrected chi connectivity index (χ3v) is 2.79. The first kappa shape index (κ1) is 13.9. The Morgan fingerprint density at radius 3 is 2.27 bits per heavy atom. The summed E-state index contributed by atoms with van der Waals surface area (Å²) < 4.78 is 9.37. The van der Waals surface area contributed by atoms with Crippen LogP contribution in [0.15, 0.2) is 0 Å². The van der Waals surface area contributed by atoms with Crippen LogP contribution in [-0.4, -0.2) is 37.9 Å². The fraction of sp³-hybridized carbons (Fsp3) is 0.800. The second-order valence-electron chi connectivity index (χ2n) is 3.68. The van der Waals surface area contributed by atoms with Crippen LogP contribution in [0.2, 0.25) is 0 Å². The first-order valence-electron chi connectivity index (χ1n) is 4.72. The number of ether oxygens (including phenoxy) is 2. The Kier molecular flexibility index (Phi) is 5.28. The number of aliphatic carboxylic acids is 1. The minimum Gasteiger partial charge on any atom is -0.480 e. The van der Waals surface area contributed by atoms with Crippen molar-refractivity contribution in [2.75, 3.05) is 20.8 Å². The normalized spacial score (nSPS) is 16.5. The summed E-state index contributed by atoms with van der Waals surface area (Å²) in [7, 11) is 2.72. The average Bonchev–Trinajstić information content (AvgIpc) is 2.22. The Bertz CT molecular complexity index is 238. The summed E-state index contributed by atoms with van der Waals surface area (Å²) in [4.78, 5) is 22.5. The summed E-state index contributed by atoms with van der Waals surface area (Å²) in [5.74, 6) is -2.24. The summed E-state index contributed by atoms with van der Waals surface area (Å²) in [6.07, 6.45) is 0.494. The van der Waals surface area contributed by atoms with Gasteiger partial charge in [-0.25, -0.2) is 0 Å². The number of carbonyl (C=O) groups excluding carboxylic acids is 1. The zero-order chi connectivity index (χ0) is 12.1. The maximum Gasteiger partial charge on any atom is 0.323 e. The van der Waals surface area contributed by atoms with Crippen molar-refractivity contribution in [1.82, 2.24) is 0 Å². The second kappa shape index (κ2) is 5.70. The molecule has 88 valence electrons. The molecule has 0 aromatic heterocycles. The number of carbonyl (C=O) groups is 2. The smallest absolute Gasteiger partial charge is 0.323 e. The van der Waals surface area contributed by atoms with E-state index in [0.717, 1.165) is 0 Å². The molecule has 0 saturated carbocycles. The van der Waals surface area contributed by atoms with Gasteiger partial charge in [-0.05, 0) is 19.3 Å². The lowest BCUT2D eigenvalue weighted by Gasteiger charge is -2.28. The van der Waals surface area contributed by atoms with Crippen molar-refractivity contribution in [2.24, 2.45) is 11.3 Å². The third-order valence-electron chi connectivity index (χ3n) is 2.79. The Morgan fingerprint density at radius 1 is 1.40 bits per heavy atom. The zero-order valence-corrected chi connectivity index (χ0v) is 9.57. The number of rotatable bonds is 6. The highest BCUT2D eigenvalue weighted by molar-refractivity contribution is 5.98. The molecule has 0 radical (unpaired) electrons.